The molecule has 96 valence electrons. The molecule has 0 bridgehead atoms. The van der Waals surface area contributed by atoms with Crippen molar-refractivity contribution >= 4 is 11.5 Å². The zero-order valence-corrected chi connectivity index (χ0v) is 10.8. The number of nitrogens with one attached hydrogen (secondary N) is 1. The van der Waals surface area contributed by atoms with Crippen LogP contribution in [0.5, 0.6) is 0 Å². The van der Waals surface area contributed by atoms with Gasteiger partial charge in [0.15, 0.2) is 5.65 Å². The Bertz CT molecular complexity index is 689. The topological polar surface area (TPSA) is 68.0 Å². The molecule has 0 amide bonds. The average molecular weight is 254 g/mol. The molecule has 0 radical (unpaired) electrons. The van der Waals surface area contributed by atoms with E-state index in [2.05, 4.69) is 39.4 Å². The van der Waals surface area contributed by atoms with Gasteiger partial charge in [-0.25, -0.2) is 0 Å². The number of aromatic nitrogens is 5. The van der Waals surface area contributed by atoms with E-state index in [4.69, 9.17) is 0 Å². The van der Waals surface area contributed by atoms with Crippen LogP contribution in [0.4, 0.5) is 5.82 Å². The Labute approximate surface area is 110 Å². The van der Waals surface area contributed by atoms with E-state index < -0.39 is 0 Å². The van der Waals surface area contributed by atoms with Crippen LogP contribution in [0, 0.1) is 0 Å². The van der Waals surface area contributed by atoms with Gasteiger partial charge in [-0.3, -0.25) is 4.98 Å². The van der Waals surface area contributed by atoms with E-state index in [1.807, 2.05) is 30.3 Å². The number of rotatable bonds is 3. The predicted molar refractivity (Wildman–Crippen MR) is 72.8 cm³/mol. The molecular formula is C13H14N6. The van der Waals surface area contributed by atoms with Gasteiger partial charge in [-0.05, 0) is 38.1 Å². The van der Waals surface area contributed by atoms with Gasteiger partial charge in [-0.1, -0.05) is 6.07 Å². The van der Waals surface area contributed by atoms with Crippen molar-refractivity contribution in [3.8, 4) is 11.5 Å². The zero-order valence-electron chi connectivity index (χ0n) is 10.8. The highest BCUT2D eigenvalue weighted by atomic mass is 15.4. The number of nitrogens with zero attached hydrogens (tertiary/aromatic N) is 5. The lowest BCUT2D eigenvalue weighted by atomic mass is 10.3. The van der Waals surface area contributed by atoms with Crippen LogP contribution < -0.4 is 5.32 Å². The fourth-order valence-electron chi connectivity index (χ4n) is 1.82. The first kappa shape index (κ1) is 11.6. The van der Waals surface area contributed by atoms with Gasteiger partial charge in [0.2, 0.25) is 5.82 Å². The Morgan fingerprint density at radius 1 is 1.11 bits per heavy atom. The molecule has 3 aromatic rings. The van der Waals surface area contributed by atoms with E-state index in [9.17, 15) is 0 Å². The summed E-state index contributed by atoms with van der Waals surface area (Å²) >= 11 is 0. The maximum absolute atomic E-state index is 4.49. The normalized spacial score (nSPS) is 11.1. The molecule has 6 nitrogen and oxygen atoms in total. The molecule has 0 saturated carbocycles. The Hall–Kier alpha value is -2.50. The fraction of sp³-hybridized carbons (Fsp3) is 0.231. The summed E-state index contributed by atoms with van der Waals surface area (Å²) in [5.74, 6) is 1.43. The van der Waals surface area contributed by atoms with Crippen molar-refractivity contribution in [2.75, 3.05) is 5.32 Å². The van der Waals surface area contributed by atoms with Crippen molar-refractivity contribution in [2.24, 2.45) is 0 Å². The quantitative estimate of drug-likeness (QED) is 0.774. The van der Waals surface area contributed by atoms with Crippen LogP contribution in [0.25, 0.3) is 17.2 Å². The Balaban J connectivity index is 2.11. The molecule has 0 spiro atoms. The molecule has 0 aliphatic heterocycles. The molecule has 3 heterocycles. The van der Waals surface area contributed by atoms with Crippen LogP contribution in [-0.4, -0.2) is 30.8 Å². The molecule has 3 aromatic heterocycles. The molecule has 19 heavy (non-hydrogen) atoms. The minimum Gasteiger partial charge on any atom is -0.366 e. The predicted octanol–water partition coefficient (Wildman–Crippen LogP) is 2.01. The van der Waals surface area contributed by atoms with Crippen molar-refractivity contribution in [1.29, 1.82) is 0 Å². The monoisotopic (exact) mass is 254 g/mol. The second-order valence-corrected chi connectivity index (χ2v) is 4.53. The van der Waals surface area contributed by atoms with Gasteiger partial charge < -0.3 is 5.32 Å². The fourth-order valence-corrected chi connectivity index (χ4v) is 1.82. The summed E-state index contributed by atoms with van der Waals surface area (Å²) in [6, 6.07) is 9.77. The minimum absolute atomic E-state index is 0.319. The van der Waals surface area contributed by atoms with Crippen molar-refractivity contribution < 1.29 is 0 Å². The first-order chi connectivity index (χ1) is 9.24. The van der Waals surface area contributed by atoms with Gasteiger partial charge in [-0.2, -0.15) is 4.52 Å². The van der Waals surface area contributed by atoms with Gasteiger partial charge in [0, 0.05) is 12.2 Å². The highest BCUT2D eigenvalue weighted by Gasteiger charge is 2.10. The molecule has 0 aliphatic rings. The Morgan fingerprint density at radius 2 is 2.00 bits per heavy atom. The van der Waals surface area contributed by atoms with E-state index in [1.165, 1.54) is 0 Å². The van der Waals surface area contributed by atoms with Gasteiger partial charge in [0.1, 0.15) is 11.5 Å². The maximum Gasteiger partial charge on any atom is 0.203 e. The summed E-state index contributed by atoms with van der Waals surface area (Å²) in [7, 11) is 0. The highest BCUT2D eigenvalue weighted by molar-refractivity contribution is 5.55. The number of pyridine rings is 1. The molecule has 0 fully saturated rings. The van der Waals surface area contributed by atoms with E-state index in [1.54, 1.807) is 10.7 Å². The standard InChI is InChI=1S/C13H14N6/c1-9(2)15-11-6-7-12-16-17-13(19(12)18-11)10-5-3-4-8-14-10/h3-9H,1-2H3,(H,15,18). The Kier molecular flexibility index (Phi) is 2.83. The first-order valence-electron chi connectivity index (χ1n) is 6.14. The molecule has 0 aromatic carbocycles. The van der Waals surface area contributed by atoms with Gasteiger partial charge >= 0.3 is 0 Å². The number of hydrogen-bond donors (Lipinski definition) is 1. The van der Waals surface area contributed by atoms with Crippen LogP contribution in [0.15, 0.2) is 36.5 Å². The molecule has 0 unspecified atom stereocenters. The van der Waals surface area contributed by atoms with E-state index in [0.717, 1.165) is 11.5 Å². The van der Waals surface area contributed by atoms with Crippen LogP contribution >= 0.6 is 0 Å². The number of fused-ring (bicyclic) bond motifs is 1. The van der Waals surface area contributed by atoms with E-state index in [0.29, 0.717) is 17.5 Å². The minimum atomic E-state index is 0.319. The van der Waals surface area contributed by atoms with Gasteiger partial charge in [0.05, 0.1) is 0 Å². The lowest BCUT2D eigenvalue weighted by Crippen LogP contribution is -2.12. The summed E-state index contributed by atoms with van der Waals surface area (Å²) in [6.45, 7) is 4.13. The van der Waals surface area contributed by atoms with E-state index in [-0.39, 0.29) is 0 Å². The zero-order chi connectivity index (χ0) is 13.2. The lowest BCUT2D eigenvalue weighted by molar-refractivity contribution is 0.856. The van der Waals surface area contributed by atoms with Crippen molar-refractivity contribution in [2.45, 2.75) is 19.9 Å². The second kappa shape index (κ2) is 4.64. The lowest BCUT2D eigenvalue weighted by Gasteiger charge is -2.08. The molecule has 0 saturated heterocycles. The molecule has 0 atom stereocenters. The van der Waals surface area contributed by atoms with Crippen LogP contribution in [0.3, 0.4) is 0 Å². The van der Waals surface area contributed by atoms with Gasteiger partial charge in [0.25, 0.3) is 0 Å². The van der Waals surface area contributed by atoms with Crippen LogP contribution in [0.1, 0.15) is 13.8 Å². The number of anilines is 1. The van der Waals surface area contributed by atoms with Crippen LogP contribution in [-0.2, 0) is 0 Å². The Morgan fingerprint density at radius 3 is 2.74 bits per heavy atom. The smallest absolute Gasteiger partial charge is 0.203 e. The third-order valence-electron chi connectivity index (χ3n) is 2.59. The SMILES string of the molecule is CC(C)Nc1ccc2nnc(-c3ccccn3)n2n1. The molecular weight excluding hydrogens is 240 g/mol. The van der Waals surface area contributed by atoms with Crippen LogP contribution in [0.2, 0.25) is 0 Å². The third kappa shape index (κ3) is 2.24. The van der Waals surface area contributed by atoms with Gasteiger partial charge in [-0.15, -0.1) is 15.3 Å². The van der Waals surface area contributed by atoms with Crippen molar-refractivity contribution in [3.05, 3.63) is 36.5 Å². The summed E-state index contributed by atoms with van der Waals surface area (Å²) in [6.07, 6.45) is 1.73. The second-order valence-electron chi connectivity index (χ2n) is 4.53. The third-order valence-corrected chi connectivity index (χ3v) is 2.59. The van der Waals surface area contributed by atoms with E-state index >= 15 is 0 Å². The summed E-state index contributed by atoms with van der Waals surface area (Å²) in [4.78, 5) is 4.28. The summed E-state index contributed by atoms with van der Waals surface area (Å²) in [5.41, 5.74) is 1.46. The molecule has 1 N–H and O–H groups in total. The number of hydrogen-bond acceptors (Lipinski definition) is 5. The summed E-state index contributed by atoms with van der Waals surface area (Å²) < 4.78 is 1.70. The molecule has 0 aliphatic carbocycles. The summed E-state index contributed by atoms with van der Waals surface area (Å²) in [5, 5.41) is 16.0. The average Bonchev–Trinajstić information content (AvgIpc) is 2.82. The molecule has 3 rings (SSSR count). The van der Waals surface area contributed by atoms with Crippen molar-refractivity contribution in [1.82, 2.24) is 24.8 Å². The molecule has 6 heteroatoms. The highest BCUT2D eigenvalue weighted by Crippen LogP contribution is 2.15. The maximum atomic E-state index is 4.49. The first-order valence-corrected chi connectivity index (χ1v) is 6.14. The largest absolute Gasteiger partial charge is 0.366 e. The van der Waals surface area contributed by atoms with Crippen molar-refractivity contribution in [3.63, 3.8) is 0 Å².